The van der Waals surface area contributed by atoms with E-state index >= 15 is 0 Å². The summed E-state index contributed by atoms with van der Waals surface area (Å²) in [6.07, 6.45) is 7.25. The number of nitrogens with one attached hydrogen (secondary N) is 4. The van der Waals surface area contributed by atoms with Crippen LogP contribution in [0.1, 0.15) is 71.1 Å². The van der Waals surface area contributed by atoms with E-state index in [2.05, 4.69) is 48.7 Å². The van der Waals surface area contributed by atoms with Gasteiger partial charge in [-0.15, -0.1) is 5.10 Å². The lowest BCUT2D eigenvalue weighted by molar-refractivity contribution is 0.102. The zero-order chi connectivity index (χ0) is 28.8. The Labute approximate surface area is 238 Å². The minimum absolute atomic E-state index is 0.0632. The molecule has 1 saturated carbocycles. The first-order valence-corrected chi connectivity index (χ1v) is 15.3. The van der Waals surface area contributed by atoms with Gasteiger partial charge in [0.1, 0.15) is 0 Å². The number of urea groups is 1. The molecule has 1 atom stereocenters. The average molecular weight is 574 g/mol. The molecule has 1 fully saturated rings. The van der Waals surface area contributed by atoms with Gasteiger partial charge < -0.3 is 10.6 Å². The molecule has 0 radical (unpaired) electrons. The number of carbonyl (C=O) groups excluding carboxylic acids is 2. The Morgan fingerprint density at radius 1 is 0.902 bits per heavy atom. The Bertz CT molecular complexity index is 1600. The van der Waals surface area contributed by atoms with Gasteiger partial charge in [0, 0.05) is 17.5 Å². The monoisotopic (exact) mass is 573 g/mol. The summed E-state index contributed by atoms with van der Waals surface area (Å²) in [5.74, 6) is 0.211. The summed E-state index contributed by atoms with van der Waals surface area (Å²) in [6.45, 7) is 0. The van der Waals surface area contributed by atoms with Crippen LogP contribution in [0.5, 0.6) is 0 Å². The fraction of sp³-hybridized carbons (Fsp3) is 0.276. The van der Waals surface area contributed by atoms with Crippen LogP contribution in [0, 0.1) is 0 Å². The molecule has 11 nitrogen and oxygen atoms in total. The van der Waals surface area contributed by atoms with Crippen LogP contribution in [0.4, 0.5) is 16.4 Å². The largest absolute Gasteiger partial charge is 0.327 e. The number of sulfone groups is 1. The highest BCUT2D eigenvalue weighted by Gasteiger charge is 2.21. The molecule has 0 saturated heterocycles. The minimum Gasteiger partial charge on any atom is -0.327 e. The standard InChI is InChI=1S/C29H31N7O4S/c1-41(39,40)25-9-5-8-24(18-25)30-29(38)31-26(21-12-10-20(11-13-21)19-6-3-2-4-7-19)22-14-16-23(17-15-22)27(37)32-28-33-35-36-34-28/h5,8-19,26H,2-4,6-7H2,1H3,(H2,30,31,38)(H2,32,33,34,35,36,37). The zero-order valence-electron chi connectivity index (χ0n) is 22.5. The number of nitrogens with zero attached hydrogens (tertiary/aromatic N) is 3. The number of H-pyrrole nitrogens is 1. The van der Waals surface area contributed by atoms with Gasteiger partial charge >= 0.3 is 6.03 Å². The SMILES string of the molecule is CS(=O)(=O)c1cccc(NC(=O)NC(c2ccc(C(=O)Nc3nn[nH]n3)cc2)c2ccc(C3CCCCC3)cc2)c1. The van der Waals surface area contributed by atoms with Crippen LogP contribution in [-0.4, -0.2) is 47.2 Å². The number of hydrogen-bond acceptors (Lipinski definition) is 7. The third-order valence-electron chi connectivity index (χ3n) is 7.22. The highest BCUT2D eigenvalue weighted by molar-refractivity contribution is 7.90. The maximum atomic E-state index is 13.1. The van der Waals surface area contributed by atoms with Crippen molar-refractivity contribution in [1.29, 1.82) is 0 Å². The summed E-state index contributed by atoms with van der Waals surface area (Å²) in [5.41, 5.74) is 3.65. The number of tetrazole rings is 1. The van der Waals surface area contributed by atoms with Gasteiger partial charge in [0.25, 0.3) is 11.9 Å². The maximum absolute atomic E-state index is 13.1. The van der Waals surface area contributed by atoms with Crippen molar-refractivity contribution in [2.75, 3.05) is 16.9 Å². The molecule has 1 aliphatic rings. The Morgan fingerprint density at radius 2 is 1.59 bits per heavy atom. The quantitative estimate of drug-likeness (QED) is 0.235. The Hall–Kier alpha value is -4.58. The van der Waals surface area contributed by atoms with Gasteiger partial charge in [0.15, 0.2) is 9.84 Å². The number of rotatable bonds is 8. The number of aromatic nitrogens is 4. The van der Waals surface area contributed by atoms with E-state index < -0.39 is 27.8 Å². The normalized spacial score (nSPS) is 14.7. The lowest BCUT2D eigenvalue weighted by atomic mass is 9.83. The van der Waals surface area contributed by atoms with Crippen LogP contribution >= 0.6 is 0 Å². The Morgan fingerprint density at radius 3 is 2.22 bits per heavy atom. The van der Waals surface area contributed by atoms with E-state index in [4.69, 9.17) is 0 Å². The van der Waals surface area contributed by atoms with Gasteiger partial charge in [0.05, 0.1) is 10.9 Å². The van der Waals surface area contributed by atoms with Gasteiger partial charge in [-0.1, -0.05) is 66.8 Å². The van der Waals surface area contributed by atoms with E-state index in [0.717, 1.165) is 17.4 Å². The lowest BCUT2D eigenvalue weighted by Gasteiger charge is -2.24. The van der Waals surface area contributed by atoms with Gasteiger partial charge in [-0.2, -0.15) is 5.21 Å². The van der Waals surface area contributed by atoms with Crippen LogP contribution in [-0.2, 0) is 9.84 Å². The van der Waals surface area contributed by atoms with Crippen LogP contribution < -0.4 is 16.0 Å². The van der Waals surface area contributed by atoms with Crippen LogP contribution in [0.2, 0.25) is 0 Å². The molecule has 1 heterocycles. The summed E-state index contributed by atoms with van der Waals surface area (Å²) in [6, 6.07) is 20.2. The van der Waals surface area contributed by atoms with E-state index in [0.29, 0.717) is 17.2 Å². The average Bonchev–Trinajstić information content (AvgIpc) is 3.49. The molecule has 4 aromatic rings. The lowest BCUT2D eigenvalue weighted by Crippen LogP contribution is -2.33. The predicted molar refractivity (Wildman–Crippen MR) is 154 cm³/mol. The third-order valence-corrected chi connectivity index (χ3v) is 8.33. The van der Waals surface area contributed by atoms with E-state index in [1.165, 1.54) is 49.8 Å². The van der Waals surface area contributed by atoms with Crippen LogP contribution in [0.3, 0.4) is 0 Å². The summed E-state index contributed by atoms with van der Waals surface area (Å²) in [7, 11) is -3.43. The highest BCUT2D eigenvalue weighted by atomic mass is 32.2. The fourth-order valence-electron chi connectivity index (χ4n) is 5.07. The molecule has 3 aromatic carbocycles. The van der Waals surface area contributed by atoms with Crippen LogP contribution in [0.15, 0.2) is 77.7 Å². The number of carbonyl (C=O) groups is 2. The summed E-state index contributed by atoms with van der Waals surface area (Å²) >= 11 is 0. The molecule has 0 aliphatic heterocycles. The Balaban J connectivity index is 1.38. The second kappa shape index (κ2) is 12.3. The molecule has 12 heteroatoms. The Kier molecular flexibility index (Phi) is 8.39. The summed E-state index contributed by atoms with van der Waals surface area (Å²) in [5, 5.41) is 21.5. The van der Waals surface area contributed by atoms with Crippen molar-refractivity contribution in [2.24, 2.45) is 0 Å². The van der Waals surface area contributed by atoms with Gasteiger partial charge in [-0.3, -0.25) is 10.1 Å². The smallest absolute Gasteiger partial charge is 0.319 e. The number of benzene rings is 3. The van der Waals surface area contributed by atoms with Crippen molar-refractivity contribution >= 4 is 33.4 Å². The van der Waals surface area contributed by atoms with Crippen LogP contribution in [0.25, 0.3) is 0 Å². The number of aromatic amines is 1. The highest BCUT2D eigenvalue weighted by Crippen LogP contribution is 2.33. The second-order valence-corrected chi connectivity index (χ2v) is 12.2. The molecule has 4 N–H and O–H groups in total. The molecule has 1 aromatic heterocycles. The summed E-state index contributed by atoms with van der Waals surface area (Å²) < 4.78 is 23.9. The molecular weight excluding hydrogens is 542 g/mol. The van der Waals surface area contributed by atoms with E-state index in [1.54, 1.807) is 36.4 Å². The molecule has 0 spiro atoms. The molecule has 1 aliphatic carbocycles. The maximum Gasteiger partial charge on any atom is 0.319 e. The van der Waals surface area contributed by atoms with Crippen molar-refractivity contribution in [1.82, 2.24) is 25.9 Å². The van der Waals surface area contributed by atoms with Gasteiger partial charge in [-0.25, -0.2) is 13.2 Å². The van der Waals surface area contributed by atoms with Gasteiger partial charge in [-0.05, 0) is 71.0 Å². The van der Waals surface area contributed by atoms with Crippen molar-refractivity contribution < 1.29 is 18.0 Å². The van der Waals surface area contributed by atoms with E-state index in [-0.39, 0.29) is 10.8 Å². The first-order chi connectivity index (χ1) is 19.8. The molecule has 212 valence electrons. The van der Waals surface area contributed by atoms with E-state index in [9.17, 15) is 18.0 Å². The molecular formula is C29H31N7O4S. The number of amides is 3. The minimum atomic E-state index is -3.43. The predicted octanol–water partition coefficient (Wildman–Crippen LogP) is 4.81. The number of anilines is 2. The first kappa shape index (κ1) is 28.0. The first-order valence-electron chi connectivity index (χ1n) is 13.4. The summed E-state index contributed by atoms with van der Waals surface area (Å²) in [4.78, 5) is 25.8. The van der Waals surface area contributed by atoms with Crippen molar-refractivity contribution in [3.63, 3.8) is 0 Å². The molecule has 41 heavy (non-hydrogen) atoms. The van der Waals surface area contributed by atoms with Gasteiger partial charge in [0.2, 0.25) is 0 Å². The third kappa shape index (κ3) is 7.14. The van der Waals surface area contributed by atoms with Crippen molar-refractivity contribution in [3.8, 4) is 0 Å². The molecule has 1 unspecified atom stereocenters. The molecule has 3 amide bonds. The van der Waals surface area contributed by atoms with Crippen molar-refractivity contribution in [2.45, 2.75) is 49.0 Å². The molecule has 5 rings (SSSR count). The topological polar surface area (TPSA) is 159 Å². The molecule has 0 bridgehead atoms. The fourth-order valence-corrected chi connectivity index (χ4v) is 5.74. The number of hydrogen-bond donors (Lipinski definition) is 4. The van der Waals surface area contributed by atoms with Crippen molar-refractivity contribution in [3.05, 3.63) is 95.1 Å². The van der Waals surface area contributed by atoms with E-state index in [1.807, 2.05) is 12.1 Å². The zero-order valence-corrected chi connectivity index (χ0v) is 23.3. The second-order valence-electron chi connectivity index (χ2n) is 10.1.